The molecule has 0 atom stereocenters. The van der Waals surface area contributed by atoms with Gasteiger partial charge in [0.2, 0.25) is 10.0 Å². The van der Waals surface area contributed by atoms with Crippen LogP contribution in [0.15, 0.2) is 4.99 Å². The van der Waals surface area contributed by atoms with E-state index >= 15 is 0 Å². The predicted molar refractivity (Wildman–Crippen MR) is 89.3 cm³/mol. The van der Waals surface area contributed by atoms with Crippen molar-refractivity contribution in [2.24, 2.45) is 16.6 Å². The van der Waals surface area contributed by atoms with Crippen molar-refractivity contribution >= 4 is 40.0 Å². The number of hydrogen-bond donors (Lipinski definition) is 2. The van der Waals surface area contributed by atoms with E-state index in [-0.39, 0.29) is 29.7 Å². The van der Waals surface area contributed by atoms with Gasteiger partial charge in [0.1, 0.15) is 0 Å². The lowest BCUT2D eigenvalue weighted by atomic mass is 10.00. The van der Waals surface area contributed by atoms with E-state index in [0.29, 0.717) is 19.0 Å². The zero-order valence-electron chi connectivity index (χ0n) is 11.6. The minimum absolute atomic E-state index is 0. The molecule has 1 aliphatic heterocycles. The number of halogens is 1. The number of nitrogens with one attached hydrogen (secondary N) is 1. The van der Waals surface area contributed by atoms with Gasteiger partial charge in [0.15, 0.2) is 5.96 Å². The first kappa shape index (κ1) is 18.9. The van der Waals surface area contributed by atoms with Crippen molar-refractivity contribution < 1.29 is 8.42 Å². The summed E-state index contributed by atoms with van der Waals surface area (Å²) in [5.41, 5.74) is 5.87. The number of piperidine rings is 1. The van der Waals surface area contributed by atoms with E-state index < -0.39 is 10.0 Å². The van der Waals surface area contributed by atoms with Gasteiger partial charge in [-0.2, -0.15) is 0 Å². The first-order valence-corrected chi connectivity index (χ1v) is 8.12. The zero-order valence-corrected chi connectivity index (χ0v) is 14.8. The molecule has 0 unspecified atom stereocenters. The highest BCUT2D eigenvalue weighted by Gasteiger charge is 2.16. The number of guanidine groups is 1. The molecule has 0 spiro atoms. The largest absolute Gasteiger partial charge is 0.370 e. The summed E-state index contributed by atoms with van der Waals surface area (Å²) in [6, 6.07) is 0. The maximum atomic E-state index is 11.2. The van der Waals surface area contributed by atoms with Gasteiger partial charge in [-0.3, -0.25) is 4.99 Å². The van der Waals surface area contributed by atoms with E-state index in [1.165, 1.54) is 0 Å². The van der Waals surface area contributed by atoms with Crippen LogP contribution in [0.2, 0.25) is 0 Å². The molecule has 8 heteroatoms. The SMILES string of the molecule is CCS(=O)(=O)NCCN=C(N)N1CCC(C)CC1.I. The number of sulfonamides is 1. The molecule has 114 valence electrons. The van der Waals surface area contributed by atoms with Crippen LogP contribution >= 0.6 is 24.0 Å². The molecule has 0 saturated carbocycles. The van der Waals surface area contributed by atoms with Crippen LogP contribution in [0.25, 0.3) is 0 Å². The standard InChI is InChI=1S/C11H24N4O2S.HI/c1-3-18(16,17)14-7-6-13-11(12)15-8-4-10(2)5-9-15;/h10,14H,3-9H2,1-2H3,(H2,12,13);1H. The first-order valence-electron chi connectivity index (χ1n) is 6.47. The zero-order chi connectivity index (χ0) is 13.6. The second-order valence-electron chi connectivity index (χ2n) is 4.71. The van der Waals surface area contributed by atoms with Crippen LogP contribution < -0.4 is 10.5 Å². The second kappa shape index (κ2) is 8.96. The third kappa shape index (κ3) is 7.31. The Labute approximate surface area is 133 Å². The summed E-state index contributed by atoms with van der Waals surface area (Å²) in [5.74, 6) is 1.37. The smallest absolute Gasteiger partial charge is 0.211 e. The van der Waals surface area contributed by atoms with Crippen LogP contribution in [0.3, 0.4) is 0 Å². The highest BCUT2D eigenvalue weighted by Crippen LogP contribution is 2.15. The molecule has 3 N–H and O–H groups in total. The maximum Gasteiger partial charge on any atom is 0.211 e. The molecule has 0 aromatic carbocycles. The van der Waals surface area contributed by atoms with E-state index in [9.17, 15) is 8.42 Å². The summed E-state index contributed by atoms with van der Waals surface area (Å²) in [6.07, 6.45) is 2.28. The molecule has 1 heterocycles. The molecule has 6 nitrogen and oxygen atoms in total. The third-order valence-electron chi connectivity index (χ3n) is 3.20. The Bertz CT molecular complexity index is 378. The summed E-state index contributed by atoms with van der Waals surface area (Å²) in [6.45, 7) is 6.42. The molecule has 0 aliphatic carbocycles. The van der Waals surface area contributed by atoms with Crippen molar-refractivity contribution in [2.45, 2.75) is 26.7 Å². The first-order chi connectivity index (χ1) is 8.44. The number of likely N-dealkylation sites (tertiary alicyclic amines) is 1. The number of nitrogens with zero attached hydrogens (tertiary/aromatic N) is 2. The van der Waals surface area contributed by atoms with E-state index in [1.54, 1.807) is 6.92 Å². The van der Waals surface area contributed by atoms with Gasteiger partial charge >= 0.3 is 0 Å². The quantitative estimate of drug-likeness (QED) is 0.304. The fourth-order valence-corrected chi connectivity index (χ4v) is 2.42. The third-order valence-corrected chi connectivity index (χ3v) is 4.60. The molecule has 0 aromatic heterocycles. The van der Waals surface area contributed by atoms with Gasteiger partial charge in [-0.15, -0.1) is 24.0 Å². The van der Waals surface area contributed by atoms with Crippen LogP contribution in [0.1, 0.15) is 26.7 Å². The molecule has 19 heavy (non-hydrogen) atoms. The number of nitrogens with two attached hydrogens (primary N) is 1. The van der Waals surface area contributed by atoms with Gasteiger partial charge in [0, 0.05) is 19.6 Å². The molecule has 1 fully saturated rings. The Balaban J connectivity index is 0.00000324. The molecule has 0 radical (unpaired) electrons. The van der Waals surface area contributed by atoms with Crippen LogP contribution in [-0.4, -0.2) is 51.2 Å². The van der Waals surface area contributed by atoms with Crippen molar-refractivity contribution in [1.29, 1.82) is 0 Å². The van der Waals surface area contributed by atoms with Crippen LogP contribution in [-0.2, 0) is 10.0 Å². The Hall–Kier alpha value is -0.0900. The van der Waals surface area contributed by atoms with Crippen molar-refractivity contribution in [3.05, 3.63) is 0 Å². The second-order valence-corrected chi connectivity index (χ2v) is 6.80. The summed E-state index contributed by atoms with van der Waals surface area (Å²) in [7, 11) is -3.12. The number of aliphatic imine (C=N–C) groups is 1. The van der Waals surface area contributed by atoms with Gasteiger partial charge in [-0.25, -0.2) is 13.1 Å². The van der Waals surface area contributed by atoms with Gasteiger partial charge in [0.25, 0.3) is 0 Å². The van der Waals surface area contributed by atoms with Crippen molar-refractivity contribution in [3.63, 3.8) is 0 Å². The van der Waals surface area contributed by atoms with Crippen LogP contribution in [0.5, 0.6) is 0 Å². The maximum absolute atomic E-state index is 11.2. The lowest BCUT2D eigenvalue weighted by Crippen LogP contribution is -2.42. The normalized spacial score (nSPS) is 18.2. The van der Waals surface area contributed by atoms with Gasteiger partial charge < -0.3 is 10.6 Å². The van der Waals surface area contributed by atoms with Crippen LogP contribution in [0, 0.1) is 5.92 Å². The van der Waals surface area contributed by atoms with E-state index in [1.807, 2.05) is 0 Å². The lowest BCUT2D eigenvalue weighted by molar-refractivity contribution is 0.277. The highest BCUT2D eigenvalue weighted by atomic mass is 127. The molecular weight excluding hydrogens is 379 g/mol. The average molecular weight is 404 g/mol. The van der Waals surface area contributed by atoms with E-state index in [4.69, 9.17) is 5.73 Å². The molecule has 0 amide bonds. The van der Waals surface area contributed by atoms with Gasteiger partial charge in [0.05, 0.1) is 12.3 Å². The van der Waals surface area contributed by atoms with Crippen molar-refractivity contribution in [1.82, 2.24) is 9.62 Å². The monoisotopic (exact) mass is 404 g/mol. The number of hydrogen-bond acceptors (Lipinski definition) is 3. The molecule has 0 bridgehead atoms. The Kier molecular flexibility index (Phi) is 8.92. The van der Waals surface area contributed by atoms with E-state index in [0.717, 1.165) is 31.8 Å². The van der Waals surface area contributed by atoms with Crippen molar-refractivity contribution in [2.75, 3.05) is 31.9 Å². The average Bonchev–Trinajstić information content (AvgIpc) is 2.35. The Morgan fingerprint density at radius 3 is 2.53 bits per heavy atom. The molecule has 0 aromatic rings. The predicted octanol–water partition coefficient (Wildman–Crippen LogP) is 0.590. The minimum atomic E-state index is -3.12. The summed E-state index contributed by atoms with van der Waals surface area (Å²) < 4.78 is 24.8. The van der Waals surface area contributed by atoms with Gasteiger partial charge in [-0.05, 0) is 25.7 Å². The summed E-state index contributed by atoms with van der Waals surface area (Å²) in [4.78, 5) is 6.27. The van der Waals surface area contributed by atoms with Gasteiger partial charge in [-0.1, -0.05) is 6.92 Å². The fourth-order valence-electron chi connectivity index (χ4n) is 1.81. The van der Waals surface area contributed by atoms with Crippen LogP contribution in [0.4, 0.5) is 0 Å². The van der Waals surface area contributed by atoms with E-state index in [2.05, 4.69) is 21.5 Å². The minimum Gasteiger partial charge on any atom is -0.370 e. The molecule has 1 rings (SSSR count). The topological polar surface area (TPSA) is 87.8 Å². The highest BCUT2D eigenvalue weighted by molar-refractivity contribution is 14.0. The van der Waals surface area contributed by atoms with Crippen molar-refractivity contribution in [3.8, 4) is 0 Å². The molecule has 1 aliphatic rings. The Morgan fingerprint density at radius 2 is 2.00 bits per heavy atom. The molecular formula is C11H25IN4O2S. The summed E-state index contributed by atoms with van der Waals surface area (Å²) >= 11 is 0. The summed E-state index contributed by atoms with van der Waals surface area (Å²) in [5, 5.41) is 0. The molecule has 1 saturated heterocycles. The fraction of sp³-hybridized carbons (Fsp3) is 0.909. The number of rotatable bonds is 5. The lowest BCUT2D eigenvalue weighted by Gasteiger charge is -2.31. The Morgan fingerprint density at radius 1 is 1.42 bits per heavy atom.